The molecular weight excluding hydrogens is 221 g/mol. The van der Waals surface area contributed by atoms with Crippen LogP contribution in [0.4, 0.5) is 4.39 Å². The van der Waals surface area contributed by atoms with Crippen molar-refractivity contribution in [2.45, 2.75) is 6.42 Å². The number of carboxylic acids is 1. The lowest BCUT2D eigenvalue weighted by Gasteiger charge is -1.98. The minimum atomic E-state index is -1.03. The van der Waals surface area contributed by atoms with Gasteiger partial charge in [-0.3, -0.25) is 9.78 Å². The number of halogens is 1. The predicted molar refractivity (Wildman–Crippen MR) is 60.8 cm³/mol. The van der Waals surface area contributed by atoms with Crippen LogP contribution < -0.4 is 0 Å². The highest BCUT2D eigenvalue weighted by Gasteiger charge is 2.02. The number of nitrogens with zero attached hydrogens (tertiary/aromatic N) is 1. The summed E-state index contributed by atoms with van der Waals surface area (Å²) in [5, 5.41) is 9.20. The summed E-state index contributed by atoms with van der Waals surface area (Å²) in [5.41, 5.74) is 0.737. The Morgan fingerprint density at radius 1 is 1.47 bits per heavy atom. The lowest BCUT2D eigenvalue weighted by molar-refractivity contribution is -0.135. The van der Waals surface area contributed by atoms with Gasteiger partial charge in [0, 0.05) is 17.6 Å². The van der Waals surface area contributed by atoms with E-state index in [0.717, 1.165) is 5.39 Å². The van der Waals surface area contributed by atoms with Gasteiger partial charge in [-0.1, -0.05) is 17.9 Å². The van der Waals surface area contributed by atoms with Crippen molar-refractivity contribution < 1.29 is 14.3 Å². The first kappa shape index (κ1) is 11.1. The highest BCUT2D eigenvalue weighted by molar-refractivity contribution is 5.80. The van der Waals surface area contributed by atoms with Crippen LogP contribution in [0.3, 0.4) is 0 Å². The third kappa shape index (κ3) is 2.58. The molecule has 1 aromatic carbocycles. The fourth-order valence-corrected chi connectivity index (χ4v) is 1.41. The third-order valence-electron chi connectivity index (χ3n) is 2.15. The molecule has 0 unspecified atom stereocenters. The lowest BCUT2D eigenvalue weighted by Crippen LogP contribution is -1.91. The first-order valence-electron chi connectivity index (χ1n) is 4.92. The molecule has 0 aliphatic carbocycles. The number of fused-ring (bicyclic) bond motifs is 1. The Balaban J connectivity index is 2.43. The monoisotopic (exact) mass is 229 g/mol. The first-order valence-corrected chi connectivity index (χ1v) is 4.92. The predicted octanol–water partition coefficient (Wildman–Crippen LogP) is 2.20. The molecule has 0 amide bonds. The molecule has 0 bridgehead atoms. The maximum atomic E-state index is 13.6. The number of carbonyl (C=O) groups is 1. The molecule has 2 aromatic rings. The van der Waals surface area contributed by atoms with Crippen molar-refractivity contribution in [2.75, 3.05) is 0 Å². The molecule has 0 aliphatic rings. The minimum absolute atomic E-state index is 0.187. The van der Waals surface area contributed by atoms with Crippen molar-refractivity contribution in [1.82, 2.24) is 4.98 Å². The SMILES string of the molecule is O=C(O)CC#Cc1cc2cccnc2cc1F. The van der Waals surface area contributed by atoms with Crippen molar-refractivity contribution in [2.24, 2.45) is 0 Å². The van der Waals surface area contributed by atoms with Crippen molar-refractivity contribution in [3.63, 3.8) is 0 Å². The van der Waals surface area contributed by atoms with Gasteiger partial charge in [0.15, 0.2) is 0 Å². The normalized spacial score (nSPS) is 9.71. The maximum absolute atomic E-state index is 13.6. The molecule has 1 N–H and O–H groups in total. The number of hydrogen-bond donors (Lipinski definition) is 1. The standard InChI is InChI=1S/C13H8FNO2/c14-11-8-12-10(4-2-6-15-12)7-9(11)3-1-5-13(16)17/h2,4,6-8H,5H2,(H,16,17). The van der Waals surface area contributed by atoms with E-state index in [0.29, 0.717) is 5.52 Å². The van der Waals surface area contributed by atoms with Gasteiger partial charge in [-0.15, -0.1) is 0 Å². The van der Waals surface area contributed by atoms with Gasteiger partial charge >= 0.3 is 5.97 Å². The van der Waals surface area contributed by atoms with Crippen LogP contribution in [-0.2, 0) is 4.79 Å². The van der Waals surface area contributed by atoms with E-state index in [1.807, 2.05) is 0 Å². The van der Waals surface area contributed by atoms with E-state index in [1.54, 1.807) is 24.4 Å². The smallest absolute Gasteiger partial charge is 0.315 e. The first-order chi connectivity index (χ1) is 8.16. The van der Waals surface area contributed by atoms with Crippen LogP contribution in [0.2, 0.25) is 0 Å². The maximum Gasteiger partial charge on any atom is 0.315 e. The minimum Gasteiger partial charge on any atom is -0.481 e. The molecule has 0 radical (unpaired) electrons. The van der Waals surface area contributed by atoms with E-state index >= 15 is 0 Å². The van der Waals surface area contributed by atoms with Crippen LogP contribution in [0.15, 0.2) is 30.5 Å². The zero-order valence-electron chi connectivity index (χ0n) is 8.77. The number of carboxylic acid groups (broad SMARTS) is 1. The fraction of sp³-hybridized carbons (Fsp3) is 0.0769. The van der Waals surface area contributed by atoms with E-state index in [2.05, 4.69) is 16.8 Å². The zero-order valence-corrected chi connectivity index (χ0v) is 8.77. The molecular formula is C13H8FNO2. The molecule has 3 nitrogen and oxygen atoms in total. The fourth-order valence-electron chi connectivity index (χ4n) is 1.41. The summed E-state index contributed by atoms with van der Waals surface area (Å²) < 4.78 is 13.6. The van der Waals surface area contributed by atoms with Crippen LogP contribution in [0.5, 0.6) is 0 Å². The molecule has 1 heterocycles. The van der Waals surface area contributed by atoms with Gasteiger partial charge in [0.2, 0.25) is 0 Å². The van der Waals surface area contributed by atoms with Gasteiger partial charge in [-0.2, -0.15) is 0 Å². The molecule has 0 saturated carbocycles. The van der Waals surface area contributed by atoms with E-state index in [1.165, 1.54) is 6.07 Å². The molecule has 1 aromatic heterocycles. The van der Waals surface area contributed by atoms with Gasteiger partial charge in [0.25, 0.3) is 0 Å². The average molecular weight is 229 g/mol. The van der Waals surface area contributed by atoms with Gasteiger partial charge < -0.3 is 5.11 Å². The highest BCUT2D eigenvalue weighted by Crippen LogP contribution is 2.16. The summed E-state index contributed by atoms with van der Waals surface area (Å²) in [6.45, 7) is 0. The molecule has 0 spiro atoms. The molecule has 0 atom stereocenters. The second kappa shape index (κ2) is 4.62. The van der Waals surface area contributed by atoms with E-state index in [-0.39, 0.29) is 12.0 Å². The van der Waals surface area contributed by atoms with Gasteiger partial charge in [-0.25, -0.2) is 4.39 Å². The quantitative estimate of drug-likeness (QED) is 0.762. The number of aliphatic carboxylic acids is 1. The molecule has 2 rings (SSSR count). The Labute approximate surface area is 96.9 Å². The molecule has 0 aliphatic heterocycles. The Kier molecular flexibility index (Phi) is 3.01. The summed E-state index contributed by atoms with van der Waals surface area (Å²) in [6, 6.07) is 6.39. The van der Waals surface area contributed by atoms with E-state index in [9.17, 15) is 9.18 Å². The third-order valence-corrected chi connectivity index (χ3v) is 2.15. The van der Waals surface area contributed by atoms with Crippen LogP contribution in [0.1, 0.15) is 12.0 Å². The number of hydrogen-bond acceptors (Lipinski definition) is 2. The highest BCUT2D eigenvalue weighted by atomic mass is 19.1. The van der Waals surface area contributed by atoms with Crippen molar-refractivity contribution >= 4 is 16.9 Å². The van der Waals surface area contributed by atoms with E-state index in [4.69, 9.17) is 5.11 Å². The summed E-state index contributed by atoms with van der Waals surface area (Å²) in [7, 11) is 0. The number of benzene rings is 1. The Bertz CT molecular complexity index is 641. The number of aromatic nitrogens is 1. The lowest BCUT2D eigenvalue weighted by atomic mass is 10.1. The second-order valence-electron chi connectivity index (χ2n) is 3.40. The van der Waals surface area contributed by atoms with Crippen LogP contribution >= 0.6 is 0 Å². The van der Waals surface area contributed by atoms with Crippen LogP contribution in [0.25, 0.3) is 10.9 Å². The number of pyridine rings is 1. The molecule has 0 saturated heterocycles. The molecule has 17 heavy (non-hydrogen) atoms. The number of rotatable bonds is 1. The van der Waals surface area contributed by atoms with Crippen LogP contribution in [-0.4, -0.2) is 16.1 Å². The zero-order chi connectivity index (χ0) is 12.3. The van der Waals surface area contributed by atoms with Crippen molar-refractivity contribution in [3.05, 3.63) is 41.8 Å². The summed E-state index contributed by atoms with van der Waals surface area (Å²) in [4.78, 5) is 14.3. The molecule has 0 fully saturated rings. The van der Waals surface area contributed by atoms with Gasteiger partial charge in [-0.05, 0) is 12.1 Å². The molecule has 84 valence electrons. The summed E-state index contributed by atoms with van der Waals surface area (Å²) >= 11 is 0. The topological polar surface area (TPSA) is 50.2 Å². The molecule has 4 heteroatoms. The van der Waals surface area contributed by atoms with Gasteiger partial charge in [0.1, 0.15) is 12.2 Å². The Hall–Kier alpha value is -2.41. The summed E-state index contributed by atoms with van der Waals surface area (Å²) in [6.07, 6.45) is 1.28. The van der Waals surface area contributed by atoms with Crippen LogP contribution in [0, 0.1) is 17.7 Å². The summed E-state index contributed by atoms with van der Waals surface area (Å²) in [5.74, 6) is 3.38. The van der Waals surface area contributed by atoms with Crippen molar-refractivity contribution in [3.8, 4) is 11.8 Å². The Morgan fingerprint density at radius 3 is 3.06 bits per heavy atom. The second-order valence-corrected chi connectivity index (χ2v) is 3.40. The average Bonchev–Trinajstić information content (AvgIpc) is 2.29. The van der Waals surface area contributed by atoms with Gasteiger partial charge in [0.05, 0.1) is 11.1 Å². The largest absolute Gasteiger partial charge is 0.481 e. The van der Waals surface area contributed by atoms with E-state index < -0.39 is 11.8 Å². The van der Waals surface area contributed by atoms with Crippen molar-refractivity contribution in [1.29, 1.82) is 0 Å². The Morgan fingerprint density at radius 2 is 2.29 bits per heavy atom.